The Morgan fingerprint density at radius 1 is 1.36 bits per heavy atom. The molecule has 7 nitrogen and oxygen atoms in total. The average molecular weight is 307 g/mol. The summed E-state index contributed by atoms with van der Waals surface area (Å²) in [6, 6.07) is 8.86. The normalized spacial score (nSPS) is 21.2. The Bertz CT molecular complexity index is 509. The van der Waals surface area contributed by atoms with Crippen molar-refractivity contribution < 1.29 is 19.4 Å². The van der Waals surface area contributed by atoms with Gasteiger partial charge in [0.1, 0.15) is 6.10 Å². The number of piperidine rings is 1. The van der Waals surface area contributed by atoms with E-state index in [1.807, 2.05) is 30.3 Å². The molecule has 0 aliphatic carbocycles. The summed E-state index contributed by atoms with van der Waals surface area (Å²) in [6.07, 6.45) is 0.191. The average Bonchev–Trinajstić information content (AvgIpc) is 2.53. The van der Waals surface area contributed by atoms with E-state index in [-0.39, 0.29) is 25.3 Å². The van der Waals surface area contributed by atoms with E-state index in [2.05, 4.69) is 5.32 Å². The van der Waals surface area contributed by atoms with Crippen molar-refractivity contribution in [3.63, 3.8) is 0 Å². The highest BCUT2D eigenvalue weighted by atomic mass is 16.6. The first kappa shape index (κ1) is 16.1. The van der Waals surface area contributed by atoms with Gasteiger partial charge in [0.15, 0.2) is 0 Å². The zero-order valence-corrected chi connectivity index (χ0v) is 12.3. The smallest absolute Gasteiger partial charge is 0.407 e. The third-order valence-corrected chi connectivity index (χ3v) is 3.68. The van der Waals surface area contributed by atoms with Crippen LogP contribution >= 0.6 is 0 Å². The number of rotatable bonds is 4. The lowest BCUT2D eigenvalue weighted by Gasteiger charge is -2.38. The number of aliphatic hydroxyl groups is 1. The summed E-state index contributed by atoms with van der Waals surface area (Å²) >= 11 is 0. The molecule has 0 bridgehead atoms. The van der Waals surface area contributed by atoms with Gasteiger partial charge in [0.05, 0.1) is 12.6 Å². The van der Waals surface area contributed by atoms with Crippen LogP contribution in [0.15, 0.2) is 30.3 Å². The maximum absolute atomic E-state index is 11.6. The SMILES string of the molecule is NC(=O)N1CCC(OC(=O)NCCO)CC1c1ccccc1. The third kappa shape index (κ3) is 4.11. The Labute approximate surface area is 129 Å². The van der Waals surface area contributed by atoms with Crippen LogP contribution in [0.1, 0.15) is 24.4 Å². The van der Waals surface area contributed by atoms with Crippen molar-refractivity contribution in [3.05, 3.63) is 35.9 Å². The largest absolute Gasteiger partial charge is 0.446 e. The number of aliphatic hydroxyl groups excluding tert-OH is 1. The fourth-order valence-electron chi connectivity index (χ4n) is 2.65. The number of nitrogens with zero attached hydrogens (tertiary/aromatic N) is 1. The number of urea groups is 1. The Hall–Kier alpha value is -2.28. The van der Waals surface area contributed by atoms with E-state index in [9.17, 15) is 9.59 Å². The van der Waals surface area contributed by atoms with Crippen LogP contribution in [0.3, 0.4) is 0 Å². The topological polar surface area (TPSA) is 105 Å². The number of nitrogens with two attached hydrogens (primary N) is 1. The second-order valence-corrected chi connectivity index (χ2v) is 5.16. The quantitative estimate of drug-likeness (QED) is 0.771. The van der Waals surface area contributed by atoms with Crippen molar-refractivity contribution in [3.8, 4) is 0 Å². The van der Waals surface area contributed by atoms with Crippen molar-refractivity contribution >= 4 is 12.1 Å². The van der Waals surface area contributed by atoms with E-state index in [0.717, 1.165) is 5.56 Å². The molecule has 7 heteroatoms. The Balaban J connectivity index is 2.04. The van der Waals surface area contributed by atoms with Gasteiger partial charge >= 0.3 is 12.1 Å². The summed E-state index contributed by atoms with van der Waals surface area (Å²) in [5.41, 5.74) is 6.41. The molecule has 1 aliphatic heterocycles. The molecule has 0 spiro atoms. The molecule has 2 unspecified atom stereocenters. The van der Waals surface area contributed by atoms with Crippen LogP contribution in [-0.2, 0) is 4.74 Å². The summed E-state index contributed by atoms with van der Waals surface area (Å²) in [7, 11) is 0. The third-order valence-electron chi connectivity index (χ3n) is 3.68. The minimum absolute atomic E-state index is 0.137. The Morgan fingerprint density at radius 2 is 2.09 bits per heavy atom. The van der Waals surface area contributed by atoms with E-state index in [1.165, 1.54) is 0 Å². The van der Waals surface area contributed by atoms with Gasteiger partial charge in [-0.3, -0.25) is 0 Å². The maximum atomic E-state index is 11.6. The van der Waals surface area contributed by atoms with Gasteiger partial charge in [-0.25, -0.2) is 9.59 Å². The molecule has 120 valence electrons. The lowest BCUT2D eigenvalue weighted by molar-refractivity contribution is 0.0366. The molecule has 3 amide bonds. The van der Waals surface area contributed by atoms with Gasteiger partial charge < -0.3 is 25.8 Å². The van der Waals surface area contributed by atoms with Crippen molar-refractivity contribution in [1.29, 1.82) is 0 Å². The predicted octanol–water partition coefficient (Wildman–Crippen LogP) is 0.989. The summed E-state index contributed by atoms with van der Waals surface area (Å²) < 4.78 is 5.33. The van der Waals surface area contributed by atoms with Crippen molar-refractivity contribution in [2.45, 2.75) is 25.0 Å². The van der Waals surface area contributed by atoms with Crippen LogP contribution < -0.4 is 11.1 Å². The van der Waals surface area contributed by atoms with Crippen molar-refractivity contribution in [2.75, 3.05) is 19.7 Å². The molecular formula is C15H21N3O4. The number of amides is 3. The first-order chi connectivity index (χ1) is 10.6. The minimum Gasteiger partial charge on any atom is -0.446 e. The first-order valence-corrected chi connectivity index (χ1v) is 7.28. The van der Waals surface area contributed by atoms with E-state index >= 15 is 0 Å². The van der Waals surface area contributed by atoms with Crippen molar-refractivity contribution in [1.82, 2.24) is 10.2 Å². The van der Waals surface area contributed by atoms with Gasteiger partial charge in [0.2, 0.25) is 0 Å². The van der Waals surface area contributed by atoms with Gasteiger partial charge in [-0.1, -0.05) is 30.3 Å². The van der Waals surface area contributed by atoms with Crippen LogP contribution in [0.5, 0.6) is 0 Å². The molecule has 0 aromatic heterocycles. The molecule has 0 radical (unpaired) electrons. The molecule has 2 rings (SSSR count). The molecule has 2 atom stereocenters. The highest BCUT2D eigenvalue weighted by molar-refractivity contribution is 5.73. The van der Waals surface area contributed by atoms with E-state index in [0.29, 0.717) is 19.4 Å². The highest BCUT2D eigenvalue weighted by Gasteiger charge is 2.33. The van der Waals surface area contributed by atoms with Crippen LogP contribution in [0.25, 0.3) is 0 Å². The maximum Gasteiger partial charge on any atom is 0.407 e. The number of alkyl carbamates (subject to hydrolysis) is 1. The number of ether oxygens (including phenoxy) is 1. The molecule has 1 aromatic rings. The molecule has 0 saturated carbocycles. The molecule has 4 N–H and O–H groups in total. The first-order valence-electron chi connectivity index (χ1n) is 7.28. The Kier molecular flexibility index (Phi) is 5.60. The fourth-order valence-corrected chi connectivity index (χ4v) is 2.65. The zero-order valence-electron chi connectivity index (χ0n) is 12.3. The molecular weight excluding hydrogens is 286 g/mol. The number of carbonyl (C=O) groups excluding carboxylic acids is 2. The Morgan fingerprint density at radius 3 is 2.73 bits per heavy atom. The molecule has 1 heterocycles. The number of carbonyl (C=O) groups is 2. The number of primary amides is 1. The molecule has 1 aromatic carbocycles. The number of hydrogen-bond acceptors (Lipinski definition) is 4. The molecule has 22 heavy (non-hydrogen) atoms. The van der Waals surface area contributed by atoms with Gasteiger partial charge in [-0.05, 0) is 5.56 Å². The van der Waals surface area contributed by atoms with E-state index < -0.39 is 12.1 Å². The lowest BCUT2D eigenvalue weighted by Crippen LogP contribution is -2.46. The van der Waals surface area contributed by atoms with Crippen LogP contribution in [-0.4, -0.2) is 47.9 Å². The standard InChI is InChI=1S/C15H21N3O4/c16-14(20)18-8-6-12(22-15(21)17-7-9-19)10-13(18)11-4-2-1-3-5-11/h1-5,12-13,19H,6-10H2,(H2,16,20)(H,17,21). The number of hydrogen-bond donors (Lipinski definition) is 3. The lowest BCUT2D eigenvalue weighted by atomic mass is 9.93. The second kappa shape index (κ2) is 7.65. The number of likely N-dealkylation sites (tertiary alicyclic amines) is 1. The second-order valence-electron chi connectivity index (χ2n) is 5.16. The predicted molar refractivity (Wildman–Crippen MR) is 80.1 cm³/mol. The number of nitrogens with one attached hydrogen (secondary N) is 1. The van der Waals surface area contributed by atoms with Gasteiger partial charge in [0, 0.05) is 25.9 Å². The minimum atomic E-state index is -0.557. The summed E-state index contributed by atoms with van der Waals surface area (Å²) in [5, 5.41) is 11.1. The molecule has 1 aliphatic rings. The molecule has 1 fully saturated rings. The fraction of sp³-hybridized carbons (Fsp3) is 0.467. The highest BCUT2D eigenvalue weighted by Crippen LogP contribution is 2.32. The van der Waals surface area contributed by atoms with E-state index in [1.54, 1.807) is 4.90 Å². The summed E-state index contributed by atoms with van der Waals surface area (Å²) in [4.78, 5) is 24.8. The van der Waals surface area contributed by atoms with Gasteiger partial charge in [-0.15, -0.1) is 0 Å². The summed E-state index contributed by atoms with van der Waals surface area (Å²) in [5.74, 6) is 0. The van der Waals surface area contributed by atoms with Crippen LogP contribution in [0, 0.1) is 0 Å². The zero-order chi connectivity index (χ0) is 15.9. The number of benzene rings is 1. The van der Waals surface area contributed by atoms with E-state index in [4.69, 9.17) is 15.6 Å². The van der Waals surface area contributed by atoms with Gasteiger partial charge in [-0.2, -0.15) is 0 Å². The monoisotopic (exact) mass is 307 g/mol. The van der Waals surface area contributed by atoms with Crippen molar-refractivity contribution in [2.24, 2.45) is 5.73 Å². The van der Waals surface area contributed by atoms with Crippen LogP contribution in [0.2, 0.25) is 0 Å². The van der Waals surface area contributed by atoms with Crippen LogP contribution in [0.4, 0.5) is 9.59 Å². The molecule has 1 saturated heterocycles. The van der Waals surface area contributed by atoms with Gasteiger partial charge in [0.25, 0.3) is 0 Å². The summed E-state index contributed by atoms with van der Waals surface area (Å²) in [6.45, 7) is 0.454.